The van der Waals surface area contributed by atoms with Gasteiger partial charge in [-0.25, -0.2) is 0 Å². The van der Waals surface area contributed by atoms with Crippen molar-refractivity contribution >= 4 is 17.4 Å². The molecule has 7 nitrogen and oxygen atoms in total. The number of Topliss-reactive ketones (excluding diaryl/α,β-unsaturated/α-hetero) is 1. The zero-order valence-electron chi connectivity index (χ0n) is 20.9. The zero-order valence-corrected chi connectivity index (χ0v) is 20.9. The van der Waals surface area contributed by atoms with Crippen LogP contribution in [0, 0.1) is 6.92 Å². The highest BCUT2D eigenvalue weighted by molar-refractivity contribution is 6.46. The third kappa shape index (κ3) is 5.11. The van der Waals surface area contributed by atoms with Crippen molar-refractivity contribution in [3.63, 3.8) is 0 Å². The maximum atomic E-state index is 13.3. The van der Waals surface area contributed by atoms with Gasteiger partial charge in [0.2, 0.25) is 0 Å². The normalized spacial score (nSPS) is 17.0. The lowest BCUT2D eigenvalue weighted by Crippen LogP contribution is -2.35. The predicted octanol–water partition coefficient (Wildman–Crippen LogP) is 4.78. The first-order valence-corrected chi connectivity index (χ1v) is 11.7. The van der Waals surface area contributed by atoms with Gasteiger partial charge in [-0.2, -0.15) is 0 Å². The number of methoxy groups -OCH3 is 1. The number of para-hydroxylation sites is 1. The van der Waals surface area contributed by atoms with Gasteiger partial charge in [0.1, 0.15) is 23.0 Å². The second-order valence-corrected chi connectivity index (χ2v) is 8.97. The van der Waals surface area contributed by atoms with Crippen LogP contribution in [0.2, 0.25) is 0 Å². The molecule has 0 spiro atoms. The minimum atomic E-state index is -0.758. The molecule has 1 N–H and O–H groups in total. The Kier molecular flexibility index (Phi) is 7.41. The molecule has 1 unspecified atom stereocenters. The lowest BCUT2D eigenvalue weighted by molar-refractivity contribution is -0.140. The van der Waals surface area contributed by atoms with Crippen molar-refractivity contribution in [2.24, 2.45) is 0 Å². The van der Waals surface area contributed by atoms with Crippen LogP contribution < -0.4 is 9.47 Å². The minimum absolute atomic E-state index is 0.0557. The van der Waals surface area contributed by atoms with Crippen LogP contribution in [0.15, 0.2) is 78.4 Å². The van der Waals surface area contributed by atoms with Gasteiger partial charge in [-0.15, -0.1) is 0 Å². The summed E-state index contributed by atoms with van der Waals surface area (Å²) in [6.45, 7) is 2.74. The predicted molar refractivity (Wildman–Crippen MR) is 138 cm³/mol. The highest BCUT2D eigenvalue weighted by atomic mass is 16.5. The molecule has 7 heteroatoms. The Morgan fingerprint density at radius 2 is 1.69 bits per heavy atom. The van der Waals surface area contributed by atoms with Gasteiger partial charge in [0.05, 0.1) is 18.7 Å². The molecule has 36 heavy (non-hydrogen) atoms. The van der Waals surface area contributed by atoms with E-state index in [1.54, 1.807) is 31.4 Å². The number of likely N-dealkylation sites (N-methyl/N-ethyl adjacent to an activating group) is 1. The maximum absolute atomic E-state index is 13.3. The molecule has 0 radical (unpaired) electrons. The second-order valence-electron chi connectivity index (χ2n) is 8.97. The van der Waals surface area contributed by atoms with Crippen molar-refractivity contribution < 1.29 is 24.2 Å². The summed E-state index contributed by atoms with van der Waals surface area (Å²) in [6, 6.07) is 21.0. The molecule has 1 aliphatic rings. The average molecular weight is 487 g/mol. The number of aryl methyl sites for hydroxylation is 1. The van der Waals surface area contributed by atoms with E-state index in [9.17, 15) is 14.7 Å². The number of nitrogens with zero attached hydrogens (tertiary/aromatic N) is 2. The summed E-state index contributed by atoms with van der Waals surface area (Å²) >= 11 is 0. The molecule has 4 rings (SSSR count). The van der Waals surface area contributed by atoms with Crippen LogP contribution >= 0.6 is 0 Å². The van der Waals surface area contributed by atoms with E-state index in [1.165, 1.54) is 4.90 Å². The number of hydrogen-bond acceptors (Lipinski definition) is 6. The van der Waals surface area contributed by atoms with Crippen LogP contribution in [0.4, 0.5) is 0 Å². The number of aliphatic hydroxyl groups is 1. The van der Waals surface area contributed by atoms with Crippen molar-refractivity contribution in [1.82, 2.24) is 9.80 Å². The fraction of sp³-hybridized carbons (Fsp3) is 0.241. The average Bonchev–Trinajstić information content (AvgIpc) is 3.12. The number of hydrogen-bond donors (Lipinski definition) is 1. The largest absolute Gasteiger partial charge is 0.507 e. The Morgan fingerprint density at radius 1 is 0.972 bits per heavy atom. The molecular formula is C29H30N2O5. The van der Waals surface area contributed by atoms with E-state index in [-0.39, 0.29) is 11.3 Å². The van der Waals surface area contributed by atoms with Crippen LogP contribution in [0.1, 0.15) is 22.7 Å². The molecule has 1 fully saturated rings. The SMILES string of the molecule is COc1ccc(C(O)=C2C(=O)C(=O)N(CCN(C)C)C2c2cccc(Oc3ccccc3)c2)cc1C. The monoisotopic (exact) mass is 486 g/mol. The first-order chi connectivity index (χ1) is 17.3. The highest BCUT2D eigenvalue weighted by Gasteiger charge is 2.46. The first kappa shape index (κ1) is 25.0. The lowest BCUT2D eigenvalue weighted by atomic mass is 9.94. The van der Waals surface area contributed by atoms with Crippen LogP contribution in [-0.2, 0) is 9.59 Å². The van der Waals surface area contributed by atoms with E-state index in [4.69, 9.17) is 9.47 Å². The molecular weight excluding hydrogens is 456 g/mol. The fourth-order valence-corrected chi connectivity index (χ4v) is 4.32. The minimum Gasteiger partial charge on any atom is -0.507 e. The number of likely N-dealkylation sites (tertiary alicyclic amines) is 1. The van der Waals surface area contributed by atoms with E-state index in [0.29, 0.717) is 41.5 Å². The Morgan fingerprint density at radius 3 is 2.36 bits per heavy atom. The number of ether oxygens (including phenoxy) is 2. The van der Waals surface area contributed by atoms with E-state index in [2.05, 4.69) is 0 Å². The Balaban J connectivity index is 1.81. The topological polar surface area (TPSA) is 79.3 Å². The van der Waals surface area contributed by atoms with Crippen molar-refractivity contribution in [1.29, 1.82) is 0 Å². The van der Waals surface area contributed by atoms with Gasteiger partial charge in [-0.05, 0) is 74.6 Å². The fourth-order valence-electron chi connectivity index (χ4n) is 4.32. The Bertz CT molecular complexity index is 1300. The van der Waals surface area contributed by atoms with E-state index in [1.807, 2.05) is 74.4 Å². The highest BCUT2D eigenvalue weighted by Crippen LogP contribution is 2.41. The summed E-state index contributed by atoms with van der Waals surface area (Å²) < 4.78 is 11.3. The molecule has 1 amide bonds. The number of aliphatic hydroxyl groups excluding tert-OH is 1. The van der Waals surface area contributed by atoms with Crippen LogP contribution in [-0.4, -0.2) is 60.9 Å². The van der Waals surface area contributed by atoms with Crippen LogP contribution in [0.3, 0.4) is 0 Å². The molecule has 0 saturated carbocycles. The van der Waals surface area contributed by atoms with E-state index in [0.717, 1.165) is 5.56 Å². The Labute approximate surface area is 211 Å². The van der Waals surface area contributed by atoms with Crippen molar-refractivity contribution in [2.45, 2.75) is 13.0 Å². The van der Waals surface area contributed by atoms with Gasteiger partial charge in [-0.3, -0.25) is 9.59 Å². The summed E-state index contributed by atoms with van der Waals surface area (Å²) in [5.41, 5.74) is 1.98. The van der Waals surface area contributed by atoms with E-state index >= 15 is 0 Å². The Hall–Kier alpha value is -4.10. The summed E-state index contributed by atoms with van der Waals surface area (Å²) in [5.74, 6) is 0.343. The number of carbonyl (C=O) groups is 2. The maximum Gasteiger partial charge on any atom is 0.295 e. The first-order valence-electron chi connectivity index (χ1n) is 11.7. The summed E-state index contributed by atoms with van der Waals surface area (Å²) in [4.78, 5) is 29.9. The number of ketones is 1. The molecule has 3 aromatic carbocycles. The van der Waals surface area contributed by atoms with E-state index < -0.39 is 17.7 Å². The van der Waals surface area contributed by atoms with Gasteiger partial charge >= 0.3 is 0 Å². The zero-order chi connectivity index (χ0) is 25.8. The molecule has 186 valence electrons. The summed E-state index contributed by atoms with van der Waals surface area (Å²) in [6.07, 6.45) is 0. The molecule has 1 aliphatic heterocycles. The van der Waals surface area contributed by atoms with Gasteiger partial charge in [0.15, 0.2) is 0 Å². The van der Waals surface area contributed by atoms with Crippen molar-refractivity contribution in [3.8, 4) is 17.2 Å². The third-order valence-electron chi connectivity index (χ3n) is 6.15. The number of carbonyl (C=O) groups excluding carboxylic acids is 2. The second kappa shape index (κ2) is 10.7. The van der Waals surface area contributed by atoms with Crippen LogP contribution in [0.25, 0.3) is 5.76 Å². The third-order valence-corrected chi connectivity index (χ3v) is 6.15. The van der Waals surface area contributed by atoms with Gasteiger partial charge in [-0.1, -0.05) is 30.3 Å². The molecule has 1 heterocycles. The van der Waals surface area contributed by atoms with Crippen LogP contribution in [0.5, 0.6) is 17.2 Å². The summed E-state index contributed by atoms with van der Waals surface area (Å²) in [7, 11) is 5.38. The van der Waals surface area contributed by atoms with Gasteiger partial charge < -0.3 is 24.4 Å². The van der Waals surface area contributed by atoms with Crippen molar-refractivity contribution in [2.75, 3.05) is 34.3 Å². The number of amides is 1. The van der Waals surface area contributed by atoms with Crippen molar-refractivity contribution in [3.05, 3.63) is 95.1 Å². The lowest BCUT2D eigenvalue weighted by Gasteiger charge is -2.27. The molecule has 1 saturated heterocycles. The molecule has 3 aromatic rings. The molecule has 0 bridgehead atoms. The molecule has 0 aliphatic carbocycles. The standard InChI is InChI=1S/C29H30N2O5/c1-19-17-21(13-14-24(19)35-4)27(32)25-26(31(16-15-30(2)3)29(34)28(25)33)20-9-8-12-23(18-20)36-22-10-6-5-7-11-22/h5-14,17-18,26,32H,15-16H2,1-4H3. The smallest absolute Gasteiger partial charge is 0.295 e. The quantitative estimate of drug-likeness (QED) is 0.281. The number of rotatable bonds is 8. The number of benzene rings is 3. The molecule has 1 atom stereocenters. The van der Waals surface area contributed by atoms with Gasteiger partial charge in [0, 0.05) is 18.7 Å². The summed E-state index contributed by atoms with van der Waals surface area (Å²) in [5, 5.41) is 11.3. The molecule has 0 aromatic heterocycles. The van der Waals surface area contributed by atoms with Gasteiger partial charge in [0.25, 0.3) is 11.7 Å².